The highest BCUT2D eigenvalue weighted by Crippen LogP contribution is 2.27. The molecule has 0 radical (unpaired) electrons. The summed E-state index contributed by atoms with van der Waals surface area (Å²) in [7, 11) is 0. The summed E-state index contributed by atoms with van der Waals surface area (Å²) in [5, 5.41) is 18.8. The van der Waals surface area contributed by atoms with Crippen LogP contribution in [-0.4, -0.2) is 59.3 Å². The topological polar surface area (TPSA) is 104 Å². The molecule has 3 rings (SSSR count). The number of nitrogens with zero attached hydrogens (tertiary/aromatic N) is 1. The lowest BCUT2D eigenvalue weighted by molar-refractivity contribution is -0.159. The van der Waals surface area contributed by atoms with Gasteiger partial charge in [0.15, 0.2) is 0 Å². The van der Waals surface area contributed by atoms with Gasteiger partial charge in [0, 0.05) is 6.54 Å². The van der Waals surface area contributed by atoms with E-state index in [0.717, 1.165) is 30.8 Å². The molecule has 0 amide bonds. The molecule has 1 unspecified atom stereocenters. The Labute approximate surface area is 179 Å². The van der Waals surface area contributed by atoms with Gasteiger partial charge in [0.05, 0.1) is 0 Å². The number of hydrogen-bond donors (Lipinski definition) is 2. The maximum Gasteiger partial charge on any atom is 0.414 e. The number of carboxylic acids is 2. The Bertz CT molecular complexity index is 773. The predicted molar refractivity (Wildman–Crippen MR) is 114 cm³/mol. The van der Waals surface area contributed by atoms with Crippen LogP contribution in [0.1, 0.15) is 42.7 Å². The number of likely N-dealkylation sites (tertiary alicyclic amines) is 1. The van der Waals surface area contributed by atoms with Crippen molar-refractivity contribution in [2.24, 2.45) is 0 Å². The van der Waals surface area contributed by atoms with Crippen molar-refractivity contribution in [3.63, 3.8) is 0 Å². The van der Waals surface area contributed by atoms with Crippen LogP contribution in [0.25, 0.3) is 0 Å². The SMILES string of the molecule is O=C(O)C(=O)O.O=C(OCCN1CCCCCC1)C(c1ccccc1)c1ccsc1. The normalized spacial score (nSPS) is 15.2. The number of ether oxygens (including phenoxy) is 1. The zero-order valence-corrected chi connectivity index (χ0v) is 17.6. The fourth-order valence-corrected chi connectivity index (χ4v) is 3.95. The van der Waals surface area contributed by atoms with Crippen molar-refractivity contribution in [2.75, 3.05) is 26.2 Å². The van der Waals surface area contributed by atoms with Crippen LogP contribution in [0.5, 0.6) is 0 Å². The van der Waals surface area contributed by atoms with Crippen molar-refractivity contribution in [2.45, 2.75) is 31.6 Å². The van der Waals surface area contributed by atoms with Crippen molar-refractivity contribution in [1.82, 2.24) is 4.90 Å². The lowest BCUT2D eigenvalue weighted by atomic mass is 9.93. The monoisotopic (exact) mass is 433 g/mol. The second-order valence-electron chi connectivity index (χ2n) is 6.93. The van der Waals surface area contributed by atoms with E-state index in [1.54, 1.807) is 11.3 Å². The van der Waals surface area contributed by atoms with E-state index in [4.69, 9.17) is 24.5 Å². The molecule has 30 heavy (non-hydrogen) atoms. The van der Waals surface area contributed by atoms with Crippen LogP contribution in [0.3, 0.4) is 0 Å². The maximum atomic E-state index is 12.7. The van der Waals surface area contributed by atoms with Crippen molar-refractivity contribution >= 4 is 29.2 Å². The number of carbonyl (C=O) groups excluding carboxylic acids is 1. The summed E-state index contributed by atoms with van der Waals surface area (Å²) < 4.78 is 5.65. The number of carboxylic acid groups (broad SMARTS) is 2. The highest BCUT2D eigenvalue weighted by molar-refractivity contribution is 7.08. The average molecular weight is 434 g/mol. The van der Waals surface area contributed by atoms with E-state index < -0.39 is 11.9 Å². The molecule has 1 aliphatic rings. The first-order chi connectivity index (χ1) is 14.5. The van der Waals surface area contributed by atoms with Gasteiger partial charge in [-0.3, -0.25) is 9.69 Å². The summed E-state index contributed by atoms with van der Waals surface area (Å²) >= 11 is 1.61. The van der Waals surface area contributed by atoms with Gasteiger partial charge in [0.1, 0.15) is 12.5 Å². The third-order valence-electron chi connectivity index (χ3n) is 4.78. The zero-order chi connectivity index (χ0) is 21.8. The molecule has 1 saturated heterocycles. The summed E-state index contributed by atoms with van der Waals surface area (Å²) in [6, 6.07) is 11.9. The lowest BCUT2D eigenvalue weighted by Crippen LogP contribution is -2.30. The minimum absolute atomic E-state index is 0.144. The predicted octanol–water partition coefficient (Wildman–Crippen LogP) is 3.45. The van der Waals surface area contributed by atoms with Crippen LogP contribution >= 0.6 is 11.3 Å². The highest BCUT2D eigenvalue weighted by atomic mass is 32.1. The van der Waals surface area contributed by atoms with E-state index in [1.807, 2.05) is 47.2 Å². The Morgan fingerprint density at radius 2 is 1.57 bits per heavy atom. The molecule has 0 saturated carbocycles. The highest BCUT2D eigenvalue weighted by Gasteiger charge is 2.24. The number of aliphatic carboxylic acids is 2. The molecule has 2 heterocycles. The van der Waals surface area contributed by atoms with E-state index in [2.05, 4.69) is 4.90 Å². The first-order valence-electron chi connectivity index (χ1n) is 9.91. The molecule has 1 atom stereocenters. The molecule has 8 heteroatoms. The molecular weight excluding hydrogens is 406 g/mol. The number of hydrogen-bond acceptors (Lipinski definition) is 6. The van der Waals surface area contributed by atoms with E-state index >= 15 is 0 Å². The summed E-state index contributed by atoms with van der Waals surface area (Å²) in [4.78, 5) is 33.3. The minimum Gasteiger partial charge on any atom is -0.473 e. The molecule has 1 fully saturated rings. The second kappa shape index (κ2) is 12.8. The van der Waals surface area contributed by atoms with Gasteiger partial charge >= 0.3 is 17.9 Å². The maximum absolute atomic E-state index is 12.7. The van der Waals surface area contributed by atoms with Crippen molar-refractivity contribution in [1.29, 1.82) is 0 Å². The Kier molecular flexibility index (Phi) is 10.0. The van der Waals surface area contributed by atoms with Crippen LogP contribution in [-0.2, 0) is 19.1 Å². The van der Waals surface area contributed by atoms with Gasteiger partial charge in [-0.2, -0.15) is 11.3 Å². The average Bonchev–Trinajstić information content (AvgIpc) is 3.12. The molecule has 0 bridgehead atoms. The third-order valence-corrected chi connectivity index (χ3v) is 5.48. The summed E-state index contributed by atoms with van der Waals surface area (Å²) in [5.41, 5.74) is 2.02. The van der Waals surface area contributed by atoms with E-state index in [9.17, 15) is 4.79 Å². The molecule has 1 aliphatic heterocycles. The van der Waals surface area contributed by atoms with Gasteiger partial charge < -0.3 is 14.9 Å². The molecule has 0 spiro atoms. The third kappa shape index (κ3) is 7.96. The van der Waals surface area contributed by atoms with Crippen LogP contribution in [0.4, 0.5) is 0 Å². The first kappa shape index (κ1) is 23.6. The molecule has 7 nitrogen and oxygen atoms in total. The number of thiophene rings is 1. The smallest absolute Gasteiger partial charge is 0.414 e. The molecule has 162 valence electrons. The Morgan fingerprint density at radius 1 is 0.933 bits per heavy atom. The Hall–Kier alpha value is -2.71. The van der Waals surface area contributed by atoms with Crippen LogP contribution in [0.2, 0.25) is 0 Å². The molecule has 1 aromatic carbocycles. The summed E-state index contributed by atoms with van der Waals surface area (Å²) in [6.45, 7) is 3.58. The standard InChI is InChI=1S/C20H25NO2S.C2H2O4/c22-20(23-14-13-21-11-6-1-2-7-12-21)19(18-10-15-24-16-18)17-8-4-3-5-9-17;3-1(4)2(5)6/h3-5,8-10,15-16,19H,1-2,6-7,11-14H2;(H,3,4)(H,5,6). The van der Waals surface area contributed by atoms with Crippen LogP contribution in [0.15, 0.2) is 47.2 Å². The van der Waals surface area contributed by atoms with E-state index in [0.29, 0.717) is 6.61 Å². The van der Waals surface area contributed by atoms with Gasteiger partial charge in [-0.05, 0) is 53.9 Å². The zero-order valence-electron chi connectivity index (χ0n) is 16.7. The molecule has 2 aromatic rings. The fraction of sp³-hybridized carbons (Fsp3) is 0.409. The molecule has 0 aliphatic carbocycles. The fourth-order valence-electron chi connectivity index (χ4n) is 3.27. The number of carbonyl (C=O) groups is 3. The summed E-state index contributed by atoms with van der Waals surface area (Å²) in [6.07, 6.45) is 5.17. The summed E-state index contributed by atoms with van der Waals surface area (Å²) in [5.74, 6) is -4.11. The lowest BCUT2D eigenvalue weighted by Gasteiger charge is -2.21. The molecule has 2 N–H and O–H groups in total. The van der Waals surface area contributed by atoms with E-state index in [-0.39, 0.29) is 11.9 Å². The minimum atomic E-state index is -1.82. The Morgan fingerprint density at radius 3 is 2.10 bits per heavy atom. The number of benzene rings is 1. The molecule has 1 aromatic heterocycles. The largest absolute Gasteiger partial charge is 0.473 e. The van der Waals surface area contributed by atoms with Crippen LogP contribution in [0, 0.1) is 0 Å². The van der Waals surface area contributed by atoms with Gasteiger partial charge in [-0.15, -0.1) is 0 Å². The number of esters is 1. The molecular formula is C22H27NO6S. The van der Waals surface area contributed by atoms with Crippen molar-refractivity contribution in [3.05, 3.63) is 58.3 Å². The quantitative estimate of drug-likeness (QED) is 0.531. The van der Waals surface area contributed by atoms with Crippen molar-refractivity contribution in [3.8, 4) is 0 Å². The van der Waals surface area contributed by atoms with Gasteiger partial charge in [-0.25, -0.2) is 9.59 Å². The van der Waals surface area contributed by atoms with Gasteiger partial charge in [-0.1, -0.05) is 43.2 Å². The van der Waals surface area contributed by atoms with Gasteiger partial charge in [0.25, 0.3) is 0 Å². The first-order valence-corrected chi connectivity index (χ1v) is 10.9. The Balaban J connectivity index is 0.000000469. The number of rotatable bonds is 6. The van der Waals surface area contributed by atoms with Crippen molar-refractivity contribution < 1.29 is 29.3 Å². The van der Waals surface area contributed by atoms with E-state index in [1.165, 1.54) is 25.7 Å². The van der Waals surface area contributed by atoms with Crippen LogP contribution < -0.4 is 0 Å². The second-order valence-corrected chi connectivity index (χ2v) is 7.71. The van der Waals surface area contributed by atoms with Gasteiger partial charge in [0.2, 0.25) is 0 Å².